The molecule has 0 saturated carbocycles. The lowest BCUT2D eigenvalue weighted by atomic mass is 10.0. The number of benzene rings is 1. The van der Waals surface area contributed by atoms with Gasteiger partial charge in [-0.2, -0.15) is 4.98 Å². The van der Waals surface area contributed by atoms with Crippen molar-refractivity contribution in [2.24, 2.45) is 0 Å². The molecule has 2 aliphatic rings. The van der Waals surface area contributed by atoms with E-state index in [0.717, 1.165) is 31.6 Å². The zero-order valence-corrected chi connectivity index (χ0v) is 18.4. The summed E-state index contributed by atoms with van der Waals surface area (Å²) in [5.41, 5.74) is 1.57. The normalized spacial score (nSPS) is 19.4. The Morgan fingerprint density at radius 1 is 1.31 bits per heavy atom. The molecule has 1 amide bonds. The van der Waals surface area contributed by atoms with Gasteiger partial charge >= 0.3 is 0 Å². The van der Waals surface area contributed by atoms with Gasteiger partial charge < -0.3 is 24.8 Å². The van der Waals surface area contributed by atoms with Gasteiger partial charge in [-0.15, -0.1) is 0 Å². The molecule has 1 aromatic carbocycles. The minimum atomic E-state index is -0.662. The van der Waals surface area contributed by atoms with Crippen molar-refractivity contribution in [3.05, 3.63) is 41.3 Å². The Labute approximate surface area is 186 Å². The van der Waals surface area contributed by atoms with Crippen LogP contribution >= 0.6 is 0 Å². The van der Waals surface area contributed by atoms with Crippen molar-refractivity contribution in [1.82, 2.24) is 15.3 Å². The summed E-state index contributed by atoms with van der Waals surface area (Å²) in [5.74, 6) is 0.409. The molecule has 2 N–H and O–H groups in total. The number of carbonyl (C=O) groups excluding carboxylic acids is 1. The number of carbonyl (C=O) groups is 1. The van der Waals surface area contributed by atoms with Gasteiger partial charge in [0.2, 0.25) is 11.8 Å². The molecular weight excluding hydrogens is 415 g/mol. The van der Waals surface area contributed by atoms with E-state index in [2.05, 4.69) is 20.6 Å². The molecule has 1 saturated heterocycles. The van der Waals surface area contributed by atoms with Crippen molar-refractivity contribution in [1.29, 1.82) is 0 Å². The quantitative estimate of drug-likeness (QED) is 0.677. The highest BCUT2D eigenvalue weighted by Gasteiger charge is 2.29. The molecule has 1 fully saturated rings. The molecule has 2 aliphatic heterocycles. The molecule has 3 heterocycles. The van der Waals surface area contributed by atoms with Gasteiger partial charge in [0.1, 0.15) is 0 Å². The van der Waals surface area contributed by atoms with Crippen molar-refractivity contribution in [2.75, 3.05) is 25.6 Å². The SMILES string of the molecule is CC[C@@H](NC(=O)[C@H]1CCc2cnc(NC3CCOCC3)nc2O1)c1ccc(OC)c(F)c1. The van der Waals surface area contributed by atoms with Crippen LogP contribution in [0, 0.1) is 5.82 Å². The van der Waals surface area contributed by atoms with Crippen LogP contribution in [0.3, 0.4) is 0 Å². The summed E-state index contributed by atoms with van der Waals surface area (Å²) in [5, 5.41) is 6.31. The first-order chi connectivity index (χ1) is 15.6. The molecule has 2 aromatic rings. The molecule has 4 rings (SSSR count). The first kappa shape index (κ1) is 22.3. The average Bonchev–Trinajstić information content (AvgIpc) is 2.82. The highest BCUT2D eigenvalue weighted by atomic mass is 19.1. The fourth-order valence-electron chi connectivity index (χ4n) is 4.01. The molecule has 8 nitrogen and oxygen atoms in total. The Morgan fingerprint density at radius 2 is 2.12 bits per heavy atom. The van der Waals surface area contributed by atoms with E-state index >= 15 is 0 Å². The number of rotatable bonds is 7. The predicted octanol–water partition coefficient (Wildman–Crippen LogP) is 3.18. The van der Waals surface area contributed by atoms with E-state index < -0.39 is 11.9 Å². The number of halogens is 1. The lowest BCUT2D eigenvalue weighted by Crippen LogP contribution is -2.42. The second-order valence-corrected chi connectivity index (χ2v) is 8.06. The third-order valence-corrected chi connectivity index (χ3v) is 5.90. The highest BCUT2D eigenvalue weighted by molar-refractivity contribution is 5.82. The van der Waals surface area contributed by atoms with Crippen molar-refractivity contribution in [3.63, 3.8) is 0 Å². The van der Waals surface area contributed by atoms with Crippen LogP contribution in [0.15, 0.2) is 24.4 Å². The second-order valence-electron chi connectivity index (χ2n) is 8.06. The standard InChI is InChI=1S/C23H29FN4O4/c1-3-18(14-4-6-19(30-2)17(24)12-14)27-21(29)20-7-5-15-13-25-23(28-22(15)32-20)26-16-8-10-31-11-9-16/h4,6,12-13,16,18,20H,3,5,7-11H2,1-2H3,(H,27,29)(H,25,26,28)/t18-,20-/m1/s1. The Morgan fingerprint density at radius 3 is 2.84 bits per heavy atom. The van der Waals surface area contributed by atoms with E-state index in [9.17, 15) is 9.18 Å². The summed E-state index contributed by atoms with van der Waals surface area (Å²) in [6.07, 6.45) is 4.69. The molecule has 9 heteroatoms. The van der Waals surface area contributed by atoms with Crippen LogP contribution in [0.5, 0.6) is 11.6 Å². The summed E-state index contributed by atoms with van der Waals surface area (Å²) < 4.78 is 30.4. The van der Waals surface area contributed by atoms with Gasteiger partial charge in [-0.3, -0.25) is 4.79 Å². The number of nitrogens with one attached hydrogen (secondary N) is 2. The van der Waals surface area contributed by atoms with Crippen LogP contribution in [-0.2, 0) is 16.0 Å². The van der Waals surface area contributed by atoms with E-state index in [4.69, 9.17) is 14.2 Å². The van der Waals surface area contributed by atoms with Crippen LogP contribution in [-0.4, -0.2) is 48.3 Å². The Balaban J connectivity index is 1.41. The minimum absolute atomic E-state index is 0.173. The average molecular weight is 445 g/mol. The number of hydrogen-bond donors (Lipinski definition) is 2. The smallest absolute Gasteiger partial charge is 0.261 e. The monoisotopic (exact) mass is 444 g/mol. The molecule has 0 spiro atoms. The van der Waals surface area contributed by atoms with E-state index in [-0.39, 0.29) is 23.7 Å². The van der Waals surface area contributed by atoms with Crippen LogP contribution in [0.4, 0.5) is 10.3 Å². The first-order valence-corrected chi connectivity index (χ1v) is 11.1. The summed E-state index contributed by atoms with van der Waals surface area (Å²) in [6.45, 7) is 3.38. The van der Waals surface area contributed by atoms with Crippen LogP contribution in [0.2, 0.25) is 0 Å². The number of hydrogen-bond acceptors (Lipinski definition) is 7. The van der Waals surface area contributed by atoms with Gasteiger partial charge in [0.05, 0.1) is 13.2 Å². The van der Waals surface area contributed by atoms with Gasteiger partial charge in [0, 0.05) is 31.0 Å². The summed E-state index contributed by atoms with van der Waals surface area (Å²) in [4.78, 5) is 21.8. The number of ether oxygens (including phenoxy) is 3. The Bertz CT molecular complexity index is 952. The molecule has 2 atom stereocenters. The van der Waals surface area contributed by atoms with Gasteiger partial charge in [-0.25, -0.2) is 9.37 Å². The number of methoxy groups -OCH3 is 1. The summed E-state index contributed by atoms with van der Waals surface area (Å²) in [6, 6.07) is 4.65. The molecule has 0 radical (unpaired) electrons. The van der Waals surface area contributed by atoms with E-state index in [1.165, 1.54) is 13.2 Å². The zero-order valence-electron chi connectivity index (χ0n) is 18.4. The van der Waals surface area contributed by atoms with Gasteiger partial charge in [0.25, 0.3) is 5.91 Å². The Kier molecular flexibility index (Phi) is 7.04. The van der Waals surface area contributed by atoms with Crippen molar-refractivity contribution in [3.8, 4) is 11.6 Å². The number of aryl methyl sites for hydroxylation is 1. The number of anilines is 1. The van der Waals surface area contributed by atoms with E-state index in [0.29, 0.717) is 36.7 Å². The van der Waals surface area contributed by atoms with E-state index in [1.54, 1.807) is 18.3 Å². The number of aromatic nitrogens is 2. The van der Waals surface area contributed by atoms with Gasteiger partial charge in [-0.05, 0) is 49.8 Å². The fraction of sp³-hybridized carbons (Fsp3) is 0.522. The fourth-order valence-corrected chi connectivity index (χ4v) is 4.01. The summed E-state index contributed by atoms with van der Waals surface area (Å²) >= 11 is 0. The molecule has 0 unspecified atom stereocenters. The maximum atomic E-state index is 14.1. The maximum Gasteiger partial charge on any atom is 0.261 e. The minimum Gasteiger partial charge on any atom is -0.494 e. The number of fused-ring (bicyclic) bond motifs is 1. The topological polar surface area (TPSA) is 94.6 Å². The lowest BCUT2D eigenvalue weighted by Gasteiger charge is -2.27. The molecule has 1 aromatic heterocycles. The largest absolute Gasteiger partial charge is 0.494 e. The van der Waals surface area contributed by atoms with Crippen molar-refractivity contribution >= 4 is 11.9 Å². The molecule has 172 valence electrons. The molecule has 0 bridgehead atoms. The third kappa shape index (κ3) is 5.09. The van der Waals surface area contributed by atoms with Crippen molar-refractivity contribution in [2.45, 2.75) is 57.2 Å². The number of nitrogens with zero attached hydrogens (tertiary/aromatic N) is 2. The molecule has 32 heavy (non-hydrogen) atoms. The zero-order chi connectivity index (χ0) is 22.5. The summed E-state index contributed by atoms with van der Waals surface area (Å²) in [7, 11) is 1.42. The number of amides is 1. The first-order valence-electron chi connectivity index (χ1n) is 11.1. The predicted molar refractivity (Wildman–Crippen MR) is 116 cm³/mol. The van der Waals surface area contributed by atoms with E-state index in [1.807, 2.05) is 6.92 Å². The van der Waals surface area contributed by atoms with Crippen LogP contribution in [0.25, 0.3) is 0 Å². The Hall–Kier alpha value is -2.94. The lowest BCUT2D eigenvalue weighted by molar-refractivity contribution is -0.129. The van der Waals surface area contributed by atoms with Gasteiger partial charge in [-0.1, -0.05) is 13.0 Å². The van der Waals surface area contributed by atoms with Crippen LogP contribution in [0.1, 0.15) is 49.8 Å². The third-order valence-electron chi connectivity index (χ3n) is 5.90. The van der Waals surface area contributed by atoms with Crippen LogP contribution < -0.4 is 20.1 Å². The molecular formula is C23H29FN4O4. The highest BCUT2D eigenvalue weighted by Crippen LogP contribution is 2.28. The van der Waals surface area contributed by atoms with Crippen molar-refractivity contribution < 1.29 is 23.4 Å². The second kappa shape index (κ2) is 10.1. The molecule has 0 aliphatic carbocycles. The maximum absolute atomic E-state index is 14.1. The van der Waals surface area contributed by atoms with Gasteiger partial charge in [0.15, 0.2) is 17.7 Å².